The maximum Gasteiger partial charge on any atom is 0.308 e. The molecule has 2 N–H and O–H groups in total. The average Bonchev–Trinajstić information content (AvgIpc) is 2.78. The van der Waals surface area contributed by atoms with Gasteiger partial charge in [-0.15, -0.1) is 0 Å². The van der Waals surface area contributed by atoms with Gasteiger partial charge in [-0.05, 0) is 26.2 Å². The lowest BCUT2D eigenvalue weighted by molar-refractivity contribution is -0.149. The summed E-state index contributed by atoms with van der Waals surface area (Å²) < 4.78 is 10.5. The first-order chi connectivity index (χ1) is 8.09. The molecular weight excluding hydrogens is 218 g/mol. The minimum absolute atomic E-state index is 0.0175. The van der Waals surface area contributed by atoms with E-state index < -0.39 is 0 Å². The van der Waals surface area contributed by atoms with E-state index in [0.29, 0.717) is 12.5 Å². The number of hydrogen-bond donors (Lipinski definition) is 1. The summed E-state index contributed by atoms with van der Waals surface area (Å²) in [6.07, 6.45) is 3.82. The summed E-state index contributed by atoms with van der Waals surface area (Å²) in [6, 6.07) is 0.217. The first-order valence-electron chi connectivity index (χ1n) is 6.59. The van der Waals surface area contributed by atoms with Gasteiger partial charge in [0.2, 0.25) is 0 Å². The molecule has 1 rings (SSSR count). The van der Waals surface area contributed by atoms with Crippen molar-refractivity contribution in [2.24, 2.45) is 17.6 Å². The summed E-state index contributed by atoms with van der Waals surface area (Å²) in [5.74, 6) is 0.299. The molecule has 0 aromatic heterocycles. The van der Waals surface area contributed by atoms with Crippen LogP contribution in [0.15, 0.2) is 0 Å². The highest BCUT2D eigenvalue weighted by Gasteiger charge is 2.20. The van der Waals surface area contributed by atoms with Gasteiger partial charge in [-0.2, -0.15) is 0 Å². The zero-order chi connectivity index (χ0) is 12.7. The summed E-state index contributed by atoms with van der Waals surface area (Å²) in [5, 5.41) is 0. The van der Waals surface area contributed by atoms with Crippen molar-refractivity contribution in [3.8, 4) is 0 Å². The van der Waals surface area contributed by atoms with Crippen molar-refractivity contribution >= 4 is 5.97 Å². The van der Waals surface area contributed by atoms with Gasteiger partial charge < -0.3 is 15.2 Å². The number of esters is 1. The average molecular weight is 243 g/mol. The fourth-order valence-corrected chi connectivity index (χ4v) is 1.92. The molecule has 4 heteroatoms. The van der Waals surface area contributed by atoms with E-state index in [-0.39, 0.29) is 17.9 Å². The zero-order valence-corrected chi connectivity index (χ0v) is 11.0. The Morgan fingerprint density at radius 1 is 1.47 bits per heavy atom. The first-order valence-corrected chi connectivity index (χ1v) is 6.59. The Morgan fingerprint density at radius 2 is 2.24 bits per heavy atom. The minimum Gasteiger partial charge on any atom is -0.465 e. The van der Waals surface area contributed by atoms with E-state index in [9.17, 15) is 4.79 Å². The van der Waals surface area contributed by atoms with Gasteiger partial charge in [0, 0.05) is 18.6 Å². The van der Waals surface area contributed by atoms with Gasteiger partial charge in [0.1, 0.15) is 0 Å². The highest BCUT2D eigenvalue weighted by atomic mass is 16.5. The van der Waals surface area contributed by atoms with Crippen LogP contribution in [0.3, 0.4) is 0 Å². The van der Waals surface area contributed by atoms with Crippen molar-refractivity contribution in [2.75, 3.05) is 19.8 Å². The number of carbonyl (C=O) groups excluding carboxylic acids is 1. The Kier molecular flexibility index (Phi) is 6.52. The van der Waals surface area contributed by atoms with Crippen LogP contribution >= 0.6 is 0 Å². The van der Waals surface area contributed by atoms with Crippen LogP contribution in [0.1, 0.15) is 39.5 Å². The van der Waals surface area contributed by atoms with E-state index >= 15 is 0 Å². The molecule has 3 atom stereocenters. The highest BCUT2D eigenvalue weighted by Crippen LogP contribution is 2.15. The molecule has 0 radical (unpaired) electrons. The molecule has 0 saturated carbocycles. The van der Waals surface area contributed by atoms with Crippen LogP contribution in [0.25, 0.3) is 0 Å². The maximum atomic E-state index is 11.7. The lowest BCUT2D eigenvalue weighted by Gasteiger charge is -2.14. The molecule has 17 heavy (non-hydrogen) atoms. The lowest BCUT2D eigenvalue weighted by Crippen LogP contribution is -2.20. The van der Waals surface area contributed by atoms with Crippen LogP contribution in [0.5, 0.6) is 0 Å². The molecule has 4 nitrogen and oxygen atoms in total. The fraction of sp³-hybridized carbons (Fsp3) is 0.923. The smallest absolute Gasteiger partial charge is 0.308 e. The van der Waals surface area contributed by atoms with E-state index in [0.717, 1.165) is 38.9 Å². The predicted molar refractivity (Wildman–Crippen MR) is 66.5 cm³/mol. The number of rotatable bonds is 7. The Bertz CT molecular complexity index is 225. The largest absolute Gasteiger partial charge is 0.465 e. The van der Waals surface area contributed by atoms with Crippen molar-refractivity contribution in [3.05, 3.63) is 0 Å². The zero-order valence-electron chi connectivity index (χ0n) is 11.0. The van der Waals surface area contributed by atoms with Gasteiger partial charge >= 0.3 is 5.97 Å². The SMILES string of the molecule is CC(N)CCCC(C)C(=O)OCC1CCOC1. The summed E-state index contributed by atoms with van der Waals surface area (Å²) >= 11 is 0. The van der Waals surface area contributed by atoms with Crippen LogP contribution in [-0.2, 0) is 14.3 Å². The maximum absolute atomic E-state index is 11.7. The van der Waals surface area contributed by atoms with Crippen LogP contribution < -0.4 is 5.73 Å². The van der Waals surface area contributed by atoms with Crippen LogP contribution in [0.2, 0.25) is 0 Å². The van der Waals surface area contributed by atoms with Gasteiger partial charge in [-0.25, -0.2) is 0 Å². The molecule has 3 unspecified atom stereocenters. The number of carbonyl (C=O) groups is 1. The number of nitrogens with two attached hydrogens (primary N) is 1. The van der Waals surface area contributed by atoms with Crippen LogP contribution in [0.4, 0.5) is 0 Å². The molecule has 1 heterocycles. The van der Waals surface area contributed by atoms with Crippen molar-refractivity contribution in [1.82, 2.24) is 0 Å². The molecule has 1 saturated heterocycles. The van der Waals surface area contributed by atoms with E-state index in [1.807, 2.05) is 13.8 Å². The quantitative estimate of drug-likeness (QED) is 0.692. The van der Waals surface area contributed by atoms with E-state index in [1.165, 1.54) is 0 Å². The third-order valence-corrected chi connectivity index (χ3v) is 3.18. The van der Waals surface area contributed by atoms with Crippen molar-refractivity contribution in [1.29, 1.82) is 0 Å². The molecule has 1 aliphatic heterocycles. The molecule has 0 aromatic carbocycles. The van der Waals surface area contributed by atoms with Gasteiger partial charge in [0.15, 0.2) is 0 Å². The molecule has 0 spiro atoms. The third-order valence-electron chi connectivity index (χ3n) is 3.18. The first kappa shape index (κ1) is 14.5. The molecule has 0 bridgehead atoms. The predicted octanol–water partition coefficient (Wildman–Crippen LogP) is 1.72. The molecule has 1 fully saturated rings. The van der Waals surface area contributed by atoms with Crippen LogP contribution in [-0.4, -0.2) is 31.8 Å². The topological polar surface area (TPSA) is 61.6 Å². The minimum atomic E-state index is -0.0819. The molecule has 0 aromatic rings. The normalized spacial score (nSPS) is 23.4. The fourth-order valence-electron chi connectivity index (χ4n) is 1.92. The highest BCUT2D eigenvalue weighted by molar-refractivity contribution is 5.71. The molecule has 100 valence electrons. The van der Waals surface area contributed by atoms with Gasteiger partial charge in [0.05, 0.1) is 19.1 Å². The summed E-state index contributed by atoms with van der Waals surface area (Å²) in [7, 11) is 0. The monoisotopic (exact) mass is 243 g/mol. The van der Waals surface area contributed by atoms with E-state index in [1.54, 1.807) is 0 Å². The van der Waals surface area contributed by atoms with Crippen molar-refractivity contribution in [3.63, 3.8) is 0 Å². The van der Waals surface area contributed by atoms with Gasteiger partial charge in [-0.1, -0.05) is 13.3 Å². The van der Waals surface area contributed by atoms with Gasteiger partial charge in [0.25, 0.3) is 0 Å². The summed E-state index contributed by atoms with van der Waals surface area (Å²) in [6.45, 7) is 5.95. The van der Waals surface area contributed by atoms with Crippen molar-refractivity contribution in [2.45, 2.75) is 45.6 Å². The second kappa shape index (κ2) is 7.67. The second-order valence-corrected chi connectivity index (χ2v) is 5.17. The Labute approximate surface area is 104 Å². The molecular formula is C13H25NO3. The standard InChI is InChI=1S/C13H25NO3/c1-10(4-3-5-11(2)14)13(15)17-9-12-6-7-16-8-12/h10-12H,3-9,14H2,1-2H3. The third kappa shape index (κ3) is 6.03. The molecule has 0 aliphatic carbocycles. The number of hydrogen-bond acceptors (Lipinski definition) is 4. The second-order valence-electron chi connectivity index (χ2n) is 5.17. The summed E-state index contributed by atoms with van der Waals surface area (Å²) in [5.41, 5.74) is 5.67. The number of ether oxygens (including phenoxy) is 2. The van der Waals surface area contributed by atoms with E-state index in [4.69, 9.17) is 15.2 Å². The Hall–Kier alpha value is -0.610. The molecule has 0 amide bonds. The Balaban J connectivity index is 2.08. The lowest BCUT2D eigenvalue weighted by atomic mass is 10.0. The van der Waals surface area contributed by atoms with Crippen LogP contribution in [0, 0.1) is 11.8 Å². The summed E-state index contributed by atoms with van der Waals surface area (Å²) in [4.78, 5) is 11.7. The van der Waals surface area contributed by atoms with E-state index in [2.05, 4.69) is 0 Å². The van der Waals surface area contributed by atoms with Gasteiger partial charge in [-0.3, -0.25) is 4.79 Å². The van der Waals surface area contributed by atoms with Crippen molar-refractivity contribution < 1.29 is 14.3 Å². The Morgan fingerprint density at radius 3 is 2.82 bits per heavy atom. The molecule has 1 aliphatic rings.